The van der Waals surface area contributed by atoms with Gasteiger partial charge in [-0.2, -0.15) is 0 Å². The SMILES string of the molecule is CCOc1cc(OCCF)c(F)c(C(C)CNC)c1.Cc1ccc(C(=N)N)cc1. The Morgan fingerprint density at radius 1 is 1.21 bits per heavy atom. The Morgan fingerprint density at radius 2 is 1.86 bits per heavy atom. The highest BCUT2D eigenvalue weighted by atomic mass is 19.1. The van der Waals surface area contributed by atoms with Crippen LogP contribution in [0.25, 0.3) is 0 Å². The minimum absolute atomic E-state index is 0.0295. The van der Waals surface area contributed by atoms with Gasteiger partial charge in [0, 0.05) is 18.2 Å². The molecule has 1 atom stereocenters. The first-order valence-electron chi connectivity index (χ1n) is 9.54. The molecule has 0 aliphatic carbocycles. The molecule has 160 valence electrons. The summed E-state index contributed by atoms with van der Waals surface area (Å²) >= 11 is 0. The van der Waals surface area contributed by atoms with Crippen LogP contribution in [0, 0.1) is 18.2 Å². The van der Waals surface area contributed by atoms with Gasteiger partial charge in [-0.1, -0.05) is 36.8 Å². The minimum Gasteiger partial charge on any atom is -0.494 e. The third-order valence-corrected chi connectivity index (χ3v) is 4.09. The van der Waals surface area contributed by atoms with Crippen molar-refractivity contribution in [1.29, 1.82) is 5.41 Å². The van der Waals surface area contributed by atoms with Crippen LogP contribution < -0.4 is 20.5 Å². The number of ether oxygens (including phenoxy) is 2. The van der Waals surface area contributed by atoms with Gasteiger partial charge in [-0.3, -0.25) is 5.41 Å². The van der Waals surface area contributed by atoms with Crippen LogP contribution in [0.3, 0.4) is 0 Å². The van der Waals surface area contributed by atoms with Crippen LogP contribution in [0.15, 0.2) is 36.4 Å². The number of likely N-dealkylation sites (N-methyl/N-ethyl adjacent to an activating group) is 1. The van der Waals surface area contributed by atoms with Gasteiger partial charge in [0.1, 0.15) is 24.9 Å². The molecule has 0 fully saturated rings. The van der Waals surface area contributed by atoms with Gasteiger partial charge in [0.25, 0.3) is 0 Å². The second-order valence-electron chi connectivity index (χ2n) is 6.53. The summed E-state index contributed by atoms with van der Waals surface area (Å²) in [4.78, 5) is 0. The molecule has 0 bridgehead atoms. The Labute approximate surface area is 171 Å². The maximum absolute atomic E-state index is 14.3. The van der Waals surface area contributed by atoms with E-state index in [2.05, 4.69) is 5.32 Å². The zero-order chi connectivity index (χ0) is 21.8. The third kappa shape index (κ3) is 8.07. The summed E-state index contributed by atoms with van der Waals surface area (Å²) in [5.74, 6) is 0.232. The lowest BCUT2D eigenvalue weighted by atomic mass is 9.99. The fourth-order valence-corrected chi connectivity index (χ4v) is 2.60. The third-order valence-electron chi connectivity index (χ3n) is 4.09. The van der Waals surface area contributed by atoms with Crippen molar-refractivity contribution in [3.63, 3.8) is 0 Å². The number of amidine groups is 1. The number of hydrogen-bond donors (Lipinski definition) is 3. The predicted octanol–water partition coefficient (Wildman–Crippen LogP) is 4.17. The summed E-state index contributed by atoms with van der Waals surface area (Å²) < 4.78 is 36.9. The number of benzene rings is 2. The van der Waals surface area contributed by atoms with E-state index in [0.717, 1.165) is 5.56 Å². The van der Waals surface area contributed by atoms with Crippen molar-refractivity contribution in [2.24, 2.45) is 5.73 Å². The van der Waals surface area contributed by atoms with Crippen LogP contribution in [0.4, 0.5) is 8.78 Å². The molecule has 7 heteroatoms. The molecule has 0 spiro atoms. The molecule has 0 aliphatic rings. The lowest BCUT2D eigenvalue weighted by Gasteiger charge is -2.17. The molecule has 2 rings (SSSR count). The van der Waals surface area contributed by atoms with E-state index in [1.165, 1.54) is 11.6 Å². The average Bonchev–Trinajstić information content (AvgIpc) is 2.69. The van der Waals surface area contributed by atoms with Crippen LogP contribution >= 0.6 is 0 Å². The van der Waals surface area contributed by atoms with Crippen molar-refractivity contribution in [3.8, 4) is 11.5 Å². The molecule has 0 aliphatic heterocycles. The van der Waals surface area contributed by atoms with Gasteiger partial charge in [-0.15, -0.1) is 0 Å². The number of nitrogens with two attached hydrogens (primary N) is 1. The summed E-state index contributed by atoms with van der Waals surface area (Å²) in [7, 11) is 1.81. The fraction of sp³-hybridized carbons (Fsp3) is 0.409. The lowest BCUT2D eigenvalue weighted by Crippen LogP contribution is -2.16. The lowest BCUT2D eigenvalue weighted by molar-refractivity contribution is 0.258. The first kappa shape index (κ1) is 24.4. The van der Waals surface area contributed by atoms with Crippen molar-refractivity contribution in [2.75, 3.05) is 33.5 Å². The van der Waals surface area contributed by atoms with Gasteiger partial charge in [-0.05, 0) is 38.4 Å². The summed E-state index contributed by atoms with van der Waals surface area (Å²) in [6.07, 6.45) is 0. The Balaban J connectivity index is 0.000000352. The fourth-order valence-electron chi connectivity index (χ4n) is 2.60. The summed E-state index contributed by atoms with van der Waals surface area (Å²) in [6.45, 7) is 6.06. The smallest absolute Gasteiger partial charge is 0.168 e. The second kappa shape index (κ2) is 12.7. The van der Waals surface area contributed by atoms with Gasteiger partial charge in [0.05, 0.1) is 6.61 Å². The monoisotopic (exact) mass is 407 g/mol. The normalized spacial score (nSPS) is 11.2. The van der Waals surface area contributed by atoms with Crippen molar-refractivity contribution < 1.29 is 18.3 Å². The maximum atomic E-state index is 14.3. The highest BCUT2D eigenvalue weighted by Crippen LogP contribution is 2.31. The number of halogens is 2. The zero-order valence-corrected chi connectivity index (χ0v) is 17.5. The van der Waals surface area contributed by atoms with Gasteiger partial charge < -0.3 is 20.5 Å². The molecule has 1 unspecified atom stereocenters. The Kier molecular flexibility index (Phi) is 10.7. The highest BCUT2D eigenvalue weighted by molar-refractivity contribution is 5.94. The summed E-state index contributed by atoms with van der Waals surface area (Å²) in [6, 6.07) is 10.7. The number of aryl methyl sites for hydroxylation is 1. The van der Waals surface area contributed by atoms with E-state index >= 15 is 0 Å². The molecule has 0 amide bonds. The molecule has 0 aromatic heterocycles. The number of nitrogens with one attached hydrogen (secondary N) is 2. The molecule has 5 nitrogen and oxygen atoms in total. The number of alkyl halides is 1. The van der Waals surface area contributed by atoms with Crippen LogP contribution in [-0.4, -0.2) is 39.3 Å². The maximum Gasteiger partial charge on any atom is 0.168 e. The first-order chi connectivity index (χ1) is 13.8. The van der Waals surface area contributed by atoms with Crippen molar-refractivity contribution in [3.05, 3.63) is 58.9 Å². The molecular weight excluding hydrogens is 376 g/mol. The Bertz CT molecular complexity index is 767. The largest absolute Gasteiger partial charge is 0.494 e. The van der Waals surface area contributed by atoms with Crippen LogP contribution in [0.5, 0.6) is 11.5 Å². The van der Waals surface area contributed by atoms with E-state index in [9.17, 15) is 8.78 Å². The molecule has 29 heavy (non-hydrogen) atoms. The molecule has 0 radical (unpaired) electrons. The van der Waals surface area contributed by atoms with Gasteiger partial charge in [-0.25, -0.2) is 8.78 Å². The molecule has 2 aromatic carbocycles. The minimum atomic E-state index is -0.653. The molecule has 4 N–H and O–H groups in total. The summed E-state index contributed by atoms with van der Waals surface area (Å²) in [5.41, 5.74) is 7.72. The summed E-state index contributed by atoms with van der Waals surface area (Å²) in [5, 5.41) is 10.1. The van der Waals surface area contributed by atoms with Crippen LogP contribution in [0.2, 0.25) is 0 Å². The van der Waals surface area contributed by atoms with Crippen LogP contribution in [0.1, 0.15) is 36.5 Å². The van der Waals surface area contributed by atoms with Gasteiger partial charge in [0.15, 0.2) is 11.6 Å². The average molecular weight is 408 g/mol. The van der Waals surface area contributed by atoms with E-state index in [-0.39, 0.29) is 24.1 Å². The quantitative estimate of drug-likeness (QED) is 0.430. The molecular formula is C22H31F2N3O2. The van der Waals surface area contributed by atoms with E-state index in [4.69, 9.17) is 20.6 Å². The van der Waals surface area contributed by atoms with E-state index < -0.39 is 12.5 Å². The standard InChI is InChI=1S/C14H21F2NO2.C8H10N2/c1-4-18-11-7-12(10(2)9-17-3)14(16)13(8-11)19-6-5-15;1-6-2-4-7(5-3-6)8(9)10/h7-8,10,17H,4-6,9H2,1-3H3;2-5H,1H3,(H3,9,10). The zero-order valence-electron chi connectivity index (χ0n) is 17.5. The van der Waals surface area contributed by atoms with Crippen molar-refractivity contribution in [2.45, 2.75) is 26.7 Å². The van der Waals surface area contributed by atoms with E-state index in [1.54, 1.807) is 13.1 Å². The predicted molar refractivity (Wildman–Crippen MR) is 114 cm³/mol. The van der Waals surface area contributed by atoms with Crippen LogP contribution in [-0.2, 0) is 0 Å². The van der Waals surface area contributed by atoms with Crippen molar-refractivity contribution in [1.82, 2.24) is 5.32 Å². The van der Waals surface area contributed by atoms with E-state index in [0.29, 0.717) is 24.5 Å². The number of nitrogen functional groups attached to an aromatic ring is 1. The van der Waals surface area contributed by atoms with Crippen molar-refractivity contribution >= 4 is 5.84 Å². The van der Waals surface area contributed by atoms with Gasteiger partial charge in [0.2, 0.25) is 0 Å². The Hall–Kier alpha value is -2.67. The molecule has 0 heterocycles. The van der Waals surface area contributed by atoms with E-state index in [1.807, 2.05) is 45.0 Å². The topological polar surface area (TPSA) is 80.4 Å². The second-order valence-corrected chi connectivity index (χ2v) is 6.53. The molecule has 2 aromatic rings. The molecule has 0 saturated heterocycles. The number of rotatable bonds is 9. The number of hydrogen-bond acceptors (Lipinski definition) is 4. The Morgan fingerprint density at radius 3 is 2.38 bits per heavy atom. The molecule has 0 saturated carbocycles. The van der Waals surface area contributed by atoms with Gasteiger partial charge >= 0.3 is 0 Å². The highest BCUT2D eigenvalue weighted by Gasteiger charge is 2.17. The first-order valence-corrected chi connectivity index (χ1v) is 9.54.